The average Bonchev–Trinajstić information content (AvgIpc) is 2.04. The zero-order chi connectivity index (χ0) is 9.73. The smallest absolute Gasteiger partial charge is 0.165 e. The van der Waals surface area contributed by atoms with Gasteiger partial charge in [-0.05, 0) is 17.5 Å². The lowest BCUT2D eigenvalue weighted by Gasteiger charge is -2.16. The Kier molecular flexibility index (Phi) is 3.32. The lowest BCUT2D eigenvalue weighted by atomic mass is 9.99. The molecule has 0 atom stereocenters. The monoisotopic (exact) mass is 180 g/mol. The summed E-state index contributed by atoms with van der Waals surface area (Å²) in [6, 6.07) is 9.49. The van der Waals surface area contributed by atoms with Crippen molar-refractivity contribution in [1.29, 1.82) is 0 Å². The third kappa shape index (κ3) is 4.53. The summed E-state index contributed by atoms with van der Waals surface area (Å²) >= 11 is 0. The molecule has 1 aromatic rings. The fourth-order valence-electron chi connectivity index (χ4n) is 0.750. The van der Waals surface area contributed by atoms with E-state index >= 15 is 0 Å². The van der Waals surface area contributed by atoms with Gasteiger partial charge < -0.3 is 4.89 Å². The second-order valence-electron chi connectivity index (χ2n) is 4.22. The molecule has 0 aromatic heterocycles. The highest BCUT2D eigenvalue weighted by molar-refractivity contribution is 5.20. The standard InChI is InChI=1S/C11H16O2/c1-11(2,3)9-12-13-10-7-5-4-6-8-10/h4-8H,9H2,1-3H3. The van der Waals surface area contributed by atoms with Gasteiger partial charge in [0, 0.05) is 0 Å². The van der Waals surface area contributed by atoms with Gasteiger partial charge in [-0.2, -0.15) is 4.89 Å². The number of hydrogen-bond acceptors (Lipinski definition) is 2. The first-order valence-electron chi connectivity index (χ1n) is 4.42. The van der Waals surface area contributed by atoms with Crippen LogP contribution in [0.5, 0.6) is 5.75 Å². The van der Waals surface area contributed by atoms with Gasteiger partial charge in [0.25, 0.3) is 0 Å². The van der Waals surface area contributed by atoms with Crippen LogP contribution in [0.15, 0.2) is 30.3 Å². The van der Waals surface area contributed by atoms with Gasteiger partial charge in [0.2, 0.25) is 0 Å². The molecule has 1 rings (SSSR count). The van der Waals surface area contributed by atoms with Gasteiger partial charge in [-0.1, -0.05) is 39.0 Å². The molecule has 0 unspecified atom stereocenters. The van der Waals surface area contributed by atoms with Crippen molar-refractivity contribution in [2.24, 2.45) is 5.41 Å². The van der Waals surface area contributed by atoms with Crippen molar-refractivity contribution < 1.29 is 9.78 Å². The Morgan fingerprint density at radius 3 is 2.23 bits per heavy atom. The molecule has 0 saturated heterocycles. The summed E-state index contributed by atoms with van der Waals surface area (Å²) in [6.45, 7) is 6.88. The molecule has 0 aliphatic heterocycles. The second kappa shape index (κ2) is 4.28. The van der Waals surface area contributed by atoms with Crippen molar-refractivity contribution in [2.75, 3.05) is 6.61 Å². The third-order valence-corrected chi connectivity index (χ3v) is 1.39. The lowest BCUT2D eigenvalue weighted by molar-refractivity contribution is -0.224. The molecule has 72 valence electrons. The maximum Gasteiger partial charge on any atom is 0.165 e. The summed E-state index contributed by atoms with van der Waals surface area (Å²) in [5, 5.41) is 0. The maximum atomic E-state index is 5.08. The van der Waals surface area contributed by atoms with E-state index < -0.39 is 0 Å². The zero-order valence-corrected chi connectivity index (χ0v) is 8.41. The Balaban J connectivity index is 2.29. The molecule has 0 saturated carbocycles. The Labute approximate surface area is 79.4 Å². The molecule has 2 nitrogen and oxygen atoms in total. The summed E-state index contributed by atoms with van der Waals surface area (Å²) < 4.78 is 0. The van der Waals surface area contributed by atoms with Crippen molar-refractivity contribution in [2.45, 2.75) is 20.8 Å². The highest BCUT2D eigenvalue weighted by Gasteiger charge is 2.10. The average molecular weight is 180 g/mol. The van der Waals surface area contributed by atoms with Gasteiger partial charge in [-0.25, -0.2) is 0 Å². The van der Waals surface area contributed by atoms with E-state index in [1.54, 1.807) is 0 Å². The largest absolute Gasteiger partial charge is 0.338 e. The van der Waals surface area contributed by atoms with Crippen LogP contribution in [-0.4, -0.2) is 6.61 Å². The predicted octanol–water partition coefficient (Wildman–Crippen LogP) is 3.04. The molecular weight excluding hydrogens is 164 g/mol. The normalized spacial score (nSPS) is 11.3. The first-order valence-corrected chi connectivity index (χ1v) is 4.42. The molecule has 0 heterocycles. The number of benzene rings is 1. The third-order valence-electron chi connectivity index (χ3n) is 1.39. The van der Waals surface area contributed by atoms with Crippen molar-refractivity contribution >= 4 is 0 Å². The van der Waals surface area contributed by atoms with Gasteiger partial charge in [0.15, 0.2) is 5.75 Å². The highest BCUT2D eigenvalue weighted by Crippen LogP contribution is 2.15. The SMILES string of the molecule is CC(C)(C)COOc1ccccc1. The molecular formula is C11H16O2. The number of rotatable bonds is 3. The number of hydrogen-bond donors (Lipinski definition) is 0. The second-order valence-corrected chi connectivity index (χ2v) is 4.22. The quantitative estimate of drug-likeness (QED) is 0.525. The molecule has 0 N–H and O–H groups in total. The summed E-state index contributed by atoms with van der Waals surface area (Å²) in [5.74, 6) is 0.742. The maximum absolute atomic E-state index is 5.08. The summed E-state index contributed by atoms with van der Waals surface area (Å²) in [7, 11) is 0. The minimum Gasteiger partial charge on any atom is -0.338 e. The van der Waals surface area contributed by atoms with Crippen molar-refractivity contribution in [3.05, 3.63) is 30.3 Å². The molecule has 0 fully saturated rings. The highest BCUT2D eigenvalue weighted by atomic mass is 17.2. The van der Waals surface area contributed by atoms with Gasteiger partial charge >= 0.3 is 0 Å². The Hall–Kier alpha value is -1.02. The van der Waals surface area contributed by atoms with E-state index in [-0.39, 0.29) is 5.41 Å². The lowest BCUT2D eigenvalue weighted by Crippen LogP contribution is -2.16. The first kappa shape index (κ1) is 10.1. The van der Waals surface area contributed by atoms with Crippen LogP contribution >= 0.6 is 0 Å². The van der Waals surface area contributed by atoms with Crippen LogP contribution in [0.4, 0.5) is 0 Å². The number of para-hydroxylation sites is 1. The van der Waals surface area contributed by atoms with E-state index in [1.165, 1.54) is 0 Å². The van der Waals surface area contributed by atoms with Crippen LogP contribution in [0, 0.1) is 5.41 Å². The molecule has 13 heavy (non-hydrogen) atoms. The van der Waals surface area contributed by atoms with Crippen LogP contribution in [-0.2, 0) is 4.89 Å². The molecule has 0 bridgehead atoms. The summed E-state index contributed by atoms with van der Waals surface area (Å²) in [5.41, 5.74) is 0.134. The summed E-state index contributed by atoms with van der Waals surface area (Å²) in [6.07, 6.45) is 0. The van der Waals surface area contributed by atoms with Crippen LogP contribution < -0.4 is 4.89 Å². The van der Waals surface area contributed by atoms with Crippen LogP contribution in [0.1, 0.15) is 20.8 Å². The Morgan fingerprint density at radius 2 is 1.69 bits per heavy atom. The molecule has 0 spiro atoms. The van der Waals surface area contributed by atoms with E-state index in [2.05, 4.69) is 20.8 Å². The fourth-order valence-corrected chi connectivity index (χ4v) is 0.750. The van der Waals surface area contributed by atoms with Crippen LogP contribution in [0.25, 0.3) is 0 Å². The molecule has 2 heteroatoms. The Morgan fingerprint density at radius 1 is 1.08 bits per heavy atom. The van der Waals surface area contributed by atoms with Crippen molar-refractivity contribution in [1.82, 2.24) is 0 Å². The minimum atomic E-state index is 0.134. The van der Waals surface area contributed by atoms with Gasteiger partial charge in [-0.3, -0.25) is 0 Å². The fraction of sp³-hybridized carbons (Fsp3) is 0.455. The van der Waals surface area contributed by atoms with Gasteiger partial charge in [0.05, 0.1) is 6.61 Å². The Bertz CT molecular complexity index is 236. The van der Waals surface area contributed by atoms with Crippen molar-refractivity contribution in [3.63, 3.8) is 0 Å². The van der Waals surface area contributed by atoms with Crippen molar-refractivity contribution in [3.8, 4) is 5.75 Å². The van der Waals surface area contributed by atoms with E-state index in [0.29, 0.717) is 6.61 Å². The topological polar surface area (TPSA) is 18.5 Å². The van der Waals surface area contributed by atoms with Gasteiger partial charge in [-0.15, -0.1) is 0 Å². The van der Waals surface area contributed by atoms with Gasteiger partial charge in [0.1, 0.15) is 0 Å². The molecule has 0 amide bonds. The minimum absolute atomic E-state index is 0.134. The van der Waals surface area contributed by atoms with Crippen LogP contribution in [0.2, 0.25) is 0 Å². The van der Waals surface area contributed by atoms with E-state index in [1.807, 2.05) is 30.3 Å². The zero-order valence-electron chi connectivity index (χ0n) is 8.41. The predicted molar refractivity (Wildman–Crippen MR) is 52.5 cm³/mol. The molecule has 0 aliphatic rings. The van der Waals surface area contributed by atoms with Crippen LogP contribution in [0.3, 0.4) is 0 Å². The molecule has 1 aromatic carbocycles. The van der Waals surface area contributed by atoms with E-state index in [9.17, 15) is 0 Å². The first-order chi connectivity index (χ1) is 6.08. The van der Waals surface area contributed by atoms with E-state index in [0.717, 1.165) is 5.75 Å². The molecule has 0 aliphatic carbocycles. The van der Waals surface area contributed by atoms with E-state index in [4.69, 9.17) is 9.78 Å². The molecule has 0 radical (unpaired) electrons. The summed E-state index contributed by atoms with van der Waals surface area (Å²) in [4.78, 5) is 10.2.